The molecule has 1 amide bonds. The standard InChI is InChI=1S/C21H24FN5O3S2/c1-14-5-10-18(15(2)11-14)23-20(28)13-31-21-25-24-19(26(21)3)12-27(32(4,29)30)17-8-6-16(22)7-9-17/h5-11H,12-13H2,1-4H3,(H,23,28). The highest BCUT2D eigenvalue weighted by atomic mass is 32.2. The Hall–Kier alpha value is -2.92. The van der Waals surface area contributed by atoms with Gasteiger partial charge in [0.05, 0.1) is 24.2 Å². The molecular formula is C21H24FN5O3S2. The van der Waals surface area contributed by atoms with Crippen molar-refractivity contribution in [2.75, 3.05) is 21.6 Å². The topological polar surface area (TPSA) is 97.2 Å². The zero-order valence-electron chi connectivity index (χ0n) is 18.2. The van der Waals surface area contributed by atoms with E-state index in [1.54, 1.807) is 11.6 Å². The zero-order chi connectivity index (χ0) is 23.5. The van der Waals surface area contributed by atoms with Crippen molar-refractivity contribution >= 4 is 39.1 Å². The molecule has 0 unspecified atom stereocenters. The van der Waals surface area contributed by atoms with Gasteiger partial charge >= 0.3 is 0 Å². The number of carbonyl (C=O) groups is 1. The molecule has 0 aliphatic heterocycles. The molecule has 3 aromatic rings. The van der Waals surface area contributed by atoms with Gasteiger partial charge in [-0.3, -0.25) is 9.10 Å². The highest BCUT2D eigenvalue weighted by molar-refractivity contribution is 7.99. The summed E-state index contributed by atoms with van der Waals surface area (Å²) in [5.74, 6) is -0.140. The summed E-state index contributed by atoms with van der Waals surface area (Å²) in [6.07, 6.45) is 1.07. The zero-order valence-corrected chi connectivity index (χ0v) is 19.8. The van der Waals surface area contributed by atoms with Gasteiger partial charge in [0.25, 0.3) is 0 Å². The Morgan fingerprint density at radius 3 is 2.47 bits per heavy atom. The average Bonchev–Trinajstić information content (AvgIpc) is 3.06. The van der Waals surface area contributed by atoms with E-state index in [9.17, 15) is 17.6 Å². The van der Waals surface area contributed by atoms with Gasteiger partial charge in [-0.15, -0.1) is 10.2 Å². The van der Waals surface area contributed by atoms with Crippen LogP contribution in [0.15, 0.2) is 47.6 Å². The summed E-state index contributed by atoms with van der Waals surface area (Å²) in [5, 5.41) is 11.5. The number of rotatable bonds is 8. The number of aryl methyl sites for hydroxylation is 2. The van der Waals surface area contributed by atoms with Crippen molar-refractivity contribution in [3.05, 3.63) is 65.2 Å². The van der Waals surface area contributed by atoms with Crippen LogP contribution in [0.1, 0.15) is 17.0 Å². The van der Waals surface area contributed by atoms with Gasteiger partial charge in [0.2, 0.25) is 15.9 Å². The Morgan fingerprint density at radius 1 is 1.16 bits per heavy atom. The molecule has 2 aromatic carbocycles. The van der Waals surface area contributed by atoms with Crippen LogP contribution in [0.5, 0.6) is 0 Å². The normalized spacial score (nSPS) is 11.4. The maximum Gasteiger partial charge on any atom is 0.234 e. The van der Waals surface area contributed by atoms with Gasteiger partial charge in [-0.2, -0.15) is 0 Å². The number of anilines is 2. The van der Waals surface area contributed by atoms with Gasteiger partial charge in [-0.1, -0.05) is 29.5 Å². The molecule has 8 nitrogen and oxygen atoms in total. The van der Waals surface area contributed by atoms with Crippen molar-refractivity contribution in [2.45, 2.75) is 25.5 Å². The van der Waals surface area contributed by atoms with E-state index in [0.29, 0.717) is 16.7 Å². The number of aromatic nitrogens is 3. The van der Waals surface area contributed by atoms with Gasteiger partial charge in [0.1, 0.15) is 5.82 Å². The Balaban J connectivity index is 1.68. The van der Waals surface area contributed by atoms with E-state index in [0.717, 1.165) is 27.4 Å². The minimum absolute atomic E-state index is 0.0801. The van der Waals surface area contributed by atoms with Gasteiger partial charge in [-0.25, -0.2) is 12.8 Å². The summed E-state index contributed by atoms with van der Waals surface area (Å²) in [7, 11) is -1.95. The third-order valence-corrected chi connectivity index (χ3v) is 6.87. The van der Waals surface area contributed by atoms with Crippen molar-refractivity contribution in [3.63, 3.8) is 0 Å². The number of sulfonamides is 1. The highest BCUT2D eigenvalue weighted by Crippen LogP contribution is 2.23. The van der Waals surface area contributed by atoms with Crippen LogP contribution in [0.25, 0.3) is 0 Å². The van der Waals surface area contributed by atoms with E-state index >= 15 is 0 Å². The first kappa shape index (κ1) is 23.7. The number of amides is 1. The van der Waals surface area contributed by atoms with E-state index in [1.807, 2.05) is 32.0 Å². The Bertz CT molecular complexity index is 1230. The largest absolute Gasteiger partial charge is 0.325 e. The molecule has 32 heavy (non-hydrogen) atoms. The fourth-order valence-corrected chi connectivity index (χ4v) is 4.60. The van der Waals surface area contributed by atoms with Gasteiger partial charge in [0, 0.05) is 12.7 Å². The summed E-state index contributed by atoms with van der Waals surface area (Å²) in [6, 6.07) is 11.0. The van der Waals surface area contributed by atoms with Crippen molar-refractivity contribution in [1.29, 1.82) is 0 Å². The van der Waals surface area contributed by atoms with Crippen LogP contribution < -0.4 is 9.62 Å². The smallest absolute Gasteiger partial charge is 0.234 e. The van der Waals surface area contributed by atoms with E-state index in [1.165, 1.54) is 36.0 Å². The van der Waals surface area contributed by atoms with Crippen molar-refractivity contribution < 1.29 is 17.6 Å². The SMILES string of the molecule is Cc1ccc(NC(=O)CSc2nnc(CN(c3ccc(F)cc3)S(C)(=O)=O)n2C)c(C)c1. The van der Waals surface area contributed by atoms with Crippen LogP contribution in [-0.4, -0.2) is 41.1 Å². The fourth-order valence-electron chi connectivity index (χ4n) is 3.01. The van der Waals surface area contributed by atoms with Crippen LogP contribution in [0.3, 0.4) is 0 Å². The number of hydrogen-bond acceptors (Lipinski definition) is 6. The van der Waals surface area contributed by atoms with Crippen LogP contribution in [-0.2, 0) is 28.4 Å². The molecule has 0 aliphatic carbocycles. The average molecular weight is 478 g/mol. The van der Waals surface area contributed by atoms with Gasteiger partial charge < -0.3 is 9.88 Å². The van der Waals surface area contributed by atoms with Crippen molar-refractivity contribution in [1.82, 2.24) is 14.8 Å². The number of hydrogen-bond donors (Lipinski definition) is 1. The second kappa shape index (κ2) is 9.70. The third-order valence-electron chi connectivity index (χ3n) is 4.71. The lowest BCUT2D eigenvalue weighted by molar-refractivity contribution is -0.113. The minimum Gasteiger partial charge on any atom is -0.325 e. The first-order chi connectivity index (χ1) is 15.0. The number of nitrogens with one attached hydrogen (secondary N) is 1. The number of thioether (sulfide) groups is 1. The molecule has 0 saturated carbocycles. The summed E-state index contributed by atoms with van der Waals surface area (Å²) in [6.45, 7) is 3.84. The van der Waals surface area contributed by atoms with Gasteiger partial charge in [-0.05, 0) is 49.7 Å². The molecule has 0 spiro atoms. The molecule has 1 N–H and O–H groups in total. The summed E-state index contributed by atoms with van der Waals surface area (Å²) < 4.78 is 40.6. The Morgan fingerprint density at radius 2 is 1.84 bits per heavy atom. The third kappa shape index (κ3) is 5.86. The minimum atomic E-state index is -3.65. The van der Waals surface area contributed by atoms with Crippen LogP contribution in [0, 0.1) is 19.7 Å². The second-order valence-corrected chi connectivity index (χ2v) is 10.2. The van der Waals surface area contributed by atoms with E-state index in [2.05, 4.69) is 15.5 Å². The molecule has 0 aliphatic rings. The van der Waals surface area contributed by atoms with E-state index in [-0.39, 0.29) is 18.2 Å². The predicted octanol–water partition coefficient (Wildman–Crippen LogP) is 3.27. The predicted molar refractivity (Wildman–Crippen MR) is 124 cm³/mol. The maximum atomic E-state index is 13.2. The Labute approximate surface area is 190 Å². The van der Waals surface area contributed by atoms with Crippen LogP contribution >= 0.6 is 11.8 Å². The molecule has 0 saturated heterocycles. The quantitative estimate of drug-likeness (QED) is 0.500. The first-order valence-corrected chi connectivity index (χ1v) is 12.5. The number of nitrogens with zero attached hydrogens (tertiary/aromatic N) is 4. The molecule has 3 rings (SSSR count). The lowest BCUT2D eigenvalue weighted by Gasteiger charge is -2.21. The van der Waals surface area contributed by atoms with E-state index < -0.39 is 15.8 Å². The van der Waals surface area contributed by atoms with Crippen LogP contribution in [0.4, 0.5) is 15.8 Å². The molecule has 170 valence electrons. The monoisotopic (exact) mass is 477 g/mol. The fraction of sp³-hybridized carbons (Fsp3) is 0.286. The molecule has 0 bridgehead atoms. The van der Waals surface area contributed by atoms with Crippen LogP contribution in [0.2, 0.25) is 0 Å². The lowest BCUT2D eigenvalue weighted by atomic mass is 10.1. The van der Waals surface area contributed by atoms with Crippen molar-refractivity contribution in [3.8, 4) is 0 Å². The molecule has 1 aromatic heterocycles. The summed E-state index contributed by atoms with van der Waals surface area (Å²) >= 11 is 1.20. The highest BCUT2D eigenvalue weighted by Gasteiger charge is 2.22. The van der Waals surface area contributed by atoms with Crippen molar-refractivity contribution in [2.24, 2.45) is 7.05 Å². The number of halogens is 1. The molecule has 11 heteroatoms. The summed E-state index contributed by atoms with van der Waals surface area (Å²) in [4.78, 5) is 12.4. The molecular weight excluding hydrogens is 453 g/mol. The Kier molecular flexibility index (Phi) is 7.19. The molecule has 0 radical (unpaired) electrons. The van der Waals surface area contributed by atoms with Gasteiger partial charge in [0.15, 0.2) is 11.0 Å². The molecule has 0 atom stereocenters. The van der Waals surface area contributed by atoms with E-state index in [4.69, 9.17) is 0 Å². The second-order valence-electron chi connectivity index (χ2n) is 7.36. The first-order valence-electron chi connectivity index (χ1n) is 9.66. The molecule has 0 fully saturated rings. The molecule has 1 heterocycles. The number of benzene rings is 2. The summed E-state index contributed by atoms with van der Waals surface area (Å²) in [5.41, 5.74) is 3.16. The lowest BCUT2D eigenvalue weighted by Crippen LogP contribution is -2.30. The number of carbonyl (C=O) groups excluding carboxylic acids is 1. The maximum absolute atomic E-state index is 13.2.